The molecule has 5 nitrogen and oxygen atoms in total. The predicted octanol–water partition coefficient (Wildman–Crippen LogP) is -0.0728. The molecule has 0 aliphatic heterocycles. The first-order chi connectivity index (χ1) is 5.72. The predicted molar refractivity (Wildman–Crippen MR) is 43.3 cm³/mol. The highest BCUT2D eigenvalue weighted by Gasteiger charge is 2.07. The van der Waals surface area contributed by atoms with E-state index >= 15 is 0 Å². The third-order valence-electron chi connectivity index (χ3n) is 1.22. The number of rotatable bonds is 4. The van der Waals surface area contributed by atoms with Crippen molar-refractivity contribution in [3.05, 3.63) is 0 Å². The Bertz CT molecular complexity index is 176. The van der Waals surface area contributed by atoms with Gasteiger partial charge in [-0.1, -0.05) is 0 Å². The van der Waals surface area contributed by atoms with Crippen molar-refractivity contribution in [2.75, 3.05) is 26.7 Å². The number of carbonyl (C=O) groups excluding carboxylic acids is 1. The second-order valence-electron chi connectivity index (χ2n) is 2.23. The summed E-state index contributed by atoms with van der Waals surface area (Å²) in [5, 5.41) is 8.15. The van der Waals surface area contributed by atoms with Crippen LogP contribution in [0.2, 0.25) is 0 Å². The first kappa shape index (κ1) is 10.7. The molecule has 1 amide bonds. The molecule has 2 N–H and O–H groups in total. The number of amides is 1. The molecule has 12 heavy (non-hydrogen) atoms. The summed E-state index contributed by atoms with van der Waals surface area (Å²) in [7, 11) is 1.60. The maximum absolute atomic E-state index is 10.9. The molecule has 0 spiro atoms. The summed E-state index contributed by atoms with van der Waals surface area (Å²) in [6.45, 7) is 1.01. The fourth-order valence-corrected chi connectivity index (χ4v) is 0.579. The molecule has 5 heteroatoms. The average Bonchev–Trinajstić information content (AvgIpc) is 2.05. The van der Waals surface area contributed by atoms with E-state index < -0.39 is 6.09 Å². The maximum atomic E-state index is 10.9. The fourth-order valence-electron chi connectivity index (χ4n) is 0.579. The van der Waals surface area contributed by atoms with Crippen molar-refractivity contribution in [2.24, 2.45) is 5.73 Å². The molecule has 0 aromatic carbocycles. The molecule has 0 aromatic heterocycles. The van der Waals surface area contributed by atoms with Gasteiger partial charge in [-0.3, -0.25) is 0 Å². The number of likely N-dealkylation sites (N-methyl/N-ethyl adjacent to an activating group) is 1. The molecule has 0 bridgehead atoms. The van der Waals surface area contributed by atoms with Crippen LogP contribution in [0.15, 0.2) is 0 Å². The van der Waals surface area contributed by atoms with E-state index in [4.69, 9.17) is 15.7 Å². The van der Waals surface area contributed by atoms with E-state index in [0.717, 1.165) is 0 Å². The molecule has 0 aliphatic rings. The molecular formula is C7H13N3O2. The van der Waals surface area contributed by atoms with E-state index in [0.29, 0.717) is 13.1 Å². The van der Waals surface area contributed by atoms with Crippen LogP contribution in [-0.2, 0) is 4.74 Å². The number of hydrogen-bond acceptors (Lipinski definition) is 4. The quantitative estimate of drug-likeness (QED) is 0.600. The molecule has 0 heterocycles. The number of carbonyl (C=O) groups is 1. The molecule has 0 fully saturated rings. The molecule has 68 valence electrons. The van der Waals surface area contributed by atoms with Crippen LogP contribution in [0.25, 0.3) is 0 Å². The SMILES string of the molecule is CN(CCN)C(=O)OCCC#N. The van der Waals surface area contributed by atoms with Gasteiger partial charge in [0.2, 0.25) is 0 Å². The van der Waals surface area contributed by atoms with Crippen LogP contribution in [0.3, 0.4) is 0 Å². The Morgan fingerprint density at radius 2 is 2.42 bits per heavy atom. The Kier molecular flexibility index (Phi) is 5.75. The summed E-state index contributed by atoms with van der Waals surface area (Å²) in [6, 6.07) is 1.87. The van der Waals surface area contributed by atoms with E-state index in [1.54, 1.807) is 7.05 Å². The third-order valence-corrected chi connectivity index (χ3v) is 1.22. The third kappa shape index (κ3) is 4.52. The first-order valence-electron chi connectivity index (χ1n) is 3.67. The van der Waals surface area contributed by atoms with Crippen LogP contribution in [0.5, 0.6) is 0 Å². The van der Waals surface area contributed by atoms with Crippen LogP contribution >= 0.6 is 0 Å². The minimum Gasteiger partial charge on any atom is -0.448 e. The molecule has 0 radical (unpaired) electrons. The second kappa shape index (κ2) is 6.43. The van der Waals surface area contributed by atoms with Gasteiger partial charge in [0.15, 0.2) is 0 Å². The van der Waals surface area contributed by atoms with E-state index in [-0.39, 0.29) is 13.0 Å². The van der Waals surface area contributed by atoms with Crippen molar-refractivity contribution in [1.82, 2.24) is 4.90 Å². The van der Waals surface area contributed by atoms with Gasteiger partial charge in [0.05, 0.1) is 12.5 Å². The van der Waals surface area contributed by atoms with Crippen molar-refractivity contribution in [3.8, 4) is 6.07 Å². The Labute approximate surface area is 71.7 Å². The summed E-state index contributed by atoms with van der Waals surface area (Å²) in [5.41, 5.74) is 5.22. The lowest BCUT2D eigenvalue weighted by molar-refractivity contribution is 0.114. The number of ether oxygens (including phenoxy) is 1. The first-order valence-corrected chi connectivity index (χ1v) is 3.67. The summed E-state index contributed by atoms with van der Waals surface area (Å²) in [5.74, 6) is 0. The highest BCUT2D eigenvalue weighted by Crippen LogP contribution is 1.89. The molecule has 0 saturated heterocycles. The minimum atomic E-state index is -0.435. The smallest absolute Gasteiger partial charge is 0.409 e. The largest absolute Gasteiger partial charge is 0.448 e. The number of nitrogens with two attached hydrogens (primary N) is 1. The number of nitrogens with zero attached hydrogens (tertiary/aromatic N) is 2. The fraction of sp³-hybridized carbons (Fsp3) is 0.714. The van der Waals surface area contributed by atoms with Crippen molar-refractivity contribution in [1.29, 1.82) is 5.26 Å². The van der Waals surface area contributed by atoms with Gasteiger partial charge >= 0.3 is 6.09 Å². The summed E-state index contributed by atoms with van der Waals surface area (Å²) in [4.78, 5) is 12.3. The highest BCUT2D eigenvalue weighted by atomic mass is 16.6. The Morgan fingerprint density at radius 3 is 2.92 bits per heavy atom. The van der Waals surface area contributed by atoms with Gasteiger partial charge in [-0.25, -0.2) is 4.79 Å². The normalized spacial score (nSPS) is 8.75. The zero-order valence-corrected chi connectivity index (χ0v) is 7.12. The van der Waals surface area contributed by atoms with Crippen LogP contribution < -0.4 is 5.73 Å². The van der Waals surface area contributed by atoms with Gasteiger partial charge in [-0.05, 0) is 0 Å². The Morgan fingerprint density at radius 1 is 1.75 bits per heavy atom. The van der Waals surface area contributed by atoms with Gasteiger partial charge in [0, 0.05) is 20.1 Å². The van der Waals surface area contributed by atoms with Gasteiger partial charge in [-0.15, -0.1) is 0 Å². The summed E-state index contributed by atoms with van der Waals surface area (Å²) >= 11 is 0. The van der Waals surface area contributed by atoms with Crippen molar-refractivity contribution >= 4 is 6.09 Å². The lowest BCUT2D eigenvalue weighted by Crippen LogP contribution is -2.32. The molecule has 0 aliphatic carbocycles. The van der Waals surface area contributed by atoms with Crippen molar-refractivity contribution < 1.29 is 9.53 Å². The summed E-state index contributed by atoms with van der Waals surface area (Å²) < 4.78 is 4.71. The van der Waals surface area contributed by atoms with Gasteiger partial charge < -0.3 is 15.4 Å². The van der Waals surface area contributed by atoms with Gasteiger partial charge in [-0.2, -0.15) is 5.26 Å². The molecule has 0 saturated carbocycles. The summed E-state index contributed by atoms with van der Waals surface area (Å²) in [6.07, 6.45) is -0.210. The van der Waals surface area contributed by atoms with E-state index in [1.807, 2.05) is 6.07 Å². The zero-order valence-electron chi connectivity index (χ0n) is 7.12. The van der Waals surface area contributed by atoms with Crippen molar-refractivity contribution in [3.63, 3.8) is 0 Å². The number of nitriles is 1. The van der Waals surface area contributed by atoms with Crippen molar-refractivity contribution in [2.45, 2.75) is 6.42 Å². The topological polar surface area (TPSA) is 79.3 Å². The highest BCUT2D eigenvalue weighted by molar-refractivity contribution is 5.67. The second-order valence-corrected chi connectivity index (χ2v) is 2.23. The Hall–Kier alpha value is -1.28. The van der Waals surface area contributed by atoms with Crippen LogP contribution in [0, 0.1) is 11.3 Å². The molecule has 0 atom stereocenters. The monoisotopic (exact) mass is 171 g/mol. The maximum Gasteiger partial charge on any atom is 0.409 e. The van der Waals surface area contributed by atoms with Gasteiger partial charge in [0.1, 0.15) is 6.61 Å². The molecule has 0 aromatic rings. The standard InChI is InChI=1S/C7H13N3O2/c1-10(5-4-9)7(11)12-6-2-3-8/h2,4-6,9H2,1H3. The van der Waals surface area contributed by atoms with E-state index in [9.17, 15) is 4.79 Å². The van der Waals surface area contributed by atoms with Crippen LogP contribution in [0.1, 0.15) is 6.42 Å². The zero-order chi connectivity index (χ0) is 9.40. The Balaban J connectivity index is 3.51. The van der Waals surface area contributed by atoms with E-state index in [2.05, 4.69) is 0 Å². The number of hydrogen-bond donors (Lipinski definition) is 1. The van der Waals surface area contributed by atoms with Gasteiger partial charge in [0.25, 0.3) is 0 Å². The van der Waals surface area contributed by atoms with E-state index in [1.165, 1.54) is 4.90 Å². The van der Waals surface area contributed by atoms with Crippen LogP contribution in [-0.4, -0.2) is 37.7 Å². The molecular weight excluding hydrogens is 158 g/mol. The lowest BCUT2D eigenvalue weighted by Gasteiger charge is -2.14. The minimum absolute atomic E-state index is 0.143. The lowest BCUT2D eigenvalue weighted by atomic mass is 10.5. The molecule has 0 rings (SSSR count). The van der Waals surface area contributed by atoms with Crippen LogP contribution in [0.4, 0.5) is 4.79 Å². The molecule has 0 unspecified atom stereocenters. The average molecular weight is 171 g/mol.